The van der Waals surface area contributed by atoms with Crippen molar-refractivity contribution in [3.63, 3.8) is 0 Å². The van der Waals surface area contributed by atoms with E-state index in [-0.39, 0.29) is 17.1 Å². The summed E-state index contributed by atoms with van der Waals surface area (Å²) >= 11 is 4.59. The first-order valence-corrected chi connectivity index (χ1v) is 6.63. The summed E-state index contributed by atoms with van der Waals surface area (Å²) in [4.78, 5) is 12.2. The van der Waals surface area contributed by atoms with Gasteiger partial charge in [0, 0.05) is 20.8 Å². The largest absolute Gasteiger partial charge is 0.434 e. The quantitative estimate of drug-likeness (QED) is 0.778. The van der Waals surface area contributed by atoms with Gasteiger partial charge in [-0.05, 0) is 28.1 Å². The minimum atomic E-state index is -2.95. The second-order valence-corrected chi connectivity index (χ2v) is 4.94. The lowest BCUT2D eigenvalue weighted by Gasteiger charge is -2.09. The Balaban J connectivity index is 2.39. The van der Waals surface area contributed by atoms with Crippen molar-refractivity contribution in [3.8, 4) is 5.75 Å². The monoisotopic (exact) mass is 332 g/mol. The minimum absolute atomic E-state index is 0.115. The maximum absolute atomic E-state index is 12.2. The summed E-state index contributed by atoms with van der Waals surface area (Å²) in [6.45, 7) is -2.95. The van der Waals surface area contributed by atoms with Gasteiger partial charge in [-0.25, -0.2) is 0 Å². The summed E-state index contributed by atoms with van der Waals surface area (Å²) in [5.74, 6) is -0.463. The van der Waals surface area contributed by atoms with Gasteiger partial charge in [-0.3, -0.25) is 4.79 Å². The van der Waals surface area contributed by atoms with Crippen molar-refractivity contribution in [1.29, 1.82) is 0 Å². The van der Waals surface area contributed by atoms with Crippen LogP contribution in [0.2, 0.25) is 0 Å². The zero-order valence-corrected chi connectivity index (χ0v) is 11.3. The summed E-state index contributed by atoms with van der Waals surface area (Å²) in [5, 5.41) is 3.41. The summed E-state index contributed by atoms with van der Waals surface area (Å²) in [6.07, 6.45) is 0. The topological polar surface area (TPSA) is 26.3 Å². The van der Waals surface area contributed by atoms with Crippen LogP contribution in [0, 0.1) is 0 Å². The Bertz CT molecular complexity index is 569. The second kappa shape index (κ2) is 5.58. The molecule has 0 atom stereocenters. The van der Waals surface area contributed by atoms with Crippen LogP contribution in [0.15, 0.2) is 39.5 Å². The van der Waals surface area contributed by atoms with Crippen LogP contribution in [0.1, 0.15) is 15.9 Å². The van der Waals surface area contributed by atoms with E-state index in [4.69, 9.17) is 0 Å². The number of rotatable bonds is 4. The number of halogens is 3. The summed E-state index contributed by atoms with van der Waals surface area (Å²) in [7, 11) is 0. The maximum Gasteiger partial charge on any atom is 0.387 e. The van der Waals surface area contributed by atoms with Crippen LogP contribution in [0.25, 0.3) is 0 Å². The van der Waals surface area contributed by atoms with Crippen molar-refractivity contribution in [2.24, 2.45) is 0 Å². The van der Waals surface area contributed by atoms with Crippen molar-refractivity contribution in [2.75, 3.05) is 0 Å². The number of hydrogen-bond acceptors (Lipinski definition) is 3. The Kier molecular flexibility index (Phi) is 4.08. The number of hydrogen-bond donors (Lipinski definition) is 0. The molecule has 0 spiro atoms. The maximum atomic E-state index is 12.2. The zero-order chi connectivity index (χ0) is 13.1. The number of carbonyl (C=O) groups is 1. The summed E-state index contributed by atoms with van der Waals surface area (Å²) in [6, 6.07) is 5.95. The third kappa shape index (κ3) is 2.76. The Morgan fingerprint density at radius 3 is 2.56 bits per heavy atom. The number of benzene rings is 1. The Hall–Kier alpha value is -1.27. The van der Waals surface area contributed by atoms with Gasteiger partial charge in [0.2, 0.25) is 0 Å². The van der Waals surface area contributed by atoms with Gasteiger partial charge in [0.15, 0.2) is 5.78 Å². The van der Waals surface area contributed by atoms with Gasteiger partial charge in [-0.1, -0.05) is 12.1 Å². The van der Waals surface area contributed by atoms with E-state index in [1.807, 2.05) is 0 Å². The third-order valence-electron chi connectivity index (χ3n) is 2.21. The van der Waals surface area contributed by atoms with Gasteiger partial charge in [0.05, 0.1) is 5.56 Å². The SMILES string of the molecule is O=C(c1cscc1Br)c1ccccc1OC(F)F. The van der Waals surface area contributed by atoms with Crippen LogP contribution in [-0.4, -0.2) is 12.4 Å². The molecule has 0 aliphatic rings. The van der Waals surface area contributed by atoms with E-state index in [1.54, 1.807) is 16.8 Å². The first-order valence-electron chi connectivity index (χ1n) is 4.90. The number of ether oxygens (including phenoxy) is 1. The van der Waals surface area contributed by atoms with Gasteiger partial charge in [-0.15, -0.1) is 0 Å². The molecule has 6 heteroatoms. The van der Waals surface area contributed by atoms with Crippen molar-refractivity contribution in [1.82, 2.24) is 0 Å². The van der Waals surface area contributed by atoms with Gasteiger partial charge >= 0.3 is 6.61 Å². The Morgan fingerprint density at radius 2 is 1.94 bits per heavy atom. The van der Waals surface area contributed by atoms with Gasteiger partial charge in [-0.2, -0.15) is 20.1 Å². The predicted octanol–water partition coefficient (Wildman–Crippen LogP) is 4.34. The van der Waals surface area contributed by atoms with Gasteiger partial charge in [0.1, 0.15) is 5.75 Å². The summed E-state index contributed by atoms with van der Waals surface area (Å²) < 4.78 is 29.5. The molecule has 0 saturated carbocycles. The third-order valence-corrected chi connectivity index (χ3v) is 3.91. The molecule has 0 radical (unpaired) electrons. The normalized spacial score (nSPS) is 10.7. The number of thiophene rings is 1. The molecular formula is C12H7BrF2O2S. The minimum Gasteiger partial charge on any atom is -0.434 e. The lowest BCUT2D eigenvalue weighted by atomic mass is 10.1. The van der Waals surface area contributed by atoms with Gasteiger partial charge in [0.25, 0.3) is 0 Å². The molecule has 0 aliphatic carbocycles. The van der Waals surface area contributed by atoms with E-state index in [0.717, 1.165) is 0 Å². The van der Waals surface area contributed by atoms with Crippen molar-refractivity contribution < 1.29 is 18.3 Å². The van der Waals surface area contributed by atoms with Crippen LogP contribution in [0.5, 0.6) is 5.75 Å². The molecular weight excluding hydrogens is 326 g/mol. The lowest BCUT2D eigenvalue weighted by molar-refractivity contribution is -0.0501. The molecule has 2 aromatic rings. The molecule has 18 heavy (non-hydrogen) atoms. The second-order valence-electron chi connectivity index (χ2n) is 3.34. The van der Waals surface area contributed by atoms with Crippen LogP contribution in [0.4, 0.5) is 8.78 Å². The zero-order valence-electron chi connectivity index (χ0n) is 8.90. The van der Waals surface area contributed by atoms with E-state index in [9.17, 15) is 13.6 Å². The fourth-order valence-corrected chi connectivity index (χ4v) is 2.90. The first-order chi connectivity index (χ1) is 8.59. The number of para-hydroxylation sites is 1. The summed E-state index contributed by atoms with van der Waals surface area (Å²) in [5.41, 5.74) is 0.558. The average Bonchev–Trinajstić information content (AvgIpc) is 2.74. The Labute approximate surface area is 114 Å². The molecule has 0 fully saturated rings. The average molecular weight is 333 g/mol. The number of ketones is 1. The Morgan fingerprint density at radius 1 is 1.22 bits per heavy atom. The van der Waals surface area contributed by atoms with E-state index in [2.05, 4.69) is 20.7 Å². The fourth-order valence-electron chi connectivity index (χ4n) is 1.44. The highest BCUT2D eigenvalue weighted by atomic mass is 79.9. The lowest BCUT2D eigenvalue weighted by Crippen LogP contribution is -2.08. The molecule has 0 N–H and O–H groups in total. The van der Waals surface area contributed by atoms with E-state index in [0.29, 0.717) is 10.0 Å². The molecule has 0 unspecified atom stereocenters. The highest BCUT2D eigenvalue weighted by molar-refractivity contribution is 9.10. The van der Waals surface area contributed by atoms with Crippen LogP contribution < -0.4 is 4.74 Å². The van der Waals surface area contributed by atoms with Crippen LogP contribution in [0.3, 0.4) is 0 Å². The van der Waals surface area contributed by atoms with Gasteiger partial charge < -0.3 is 4.74 Å². The molecule has 1 heterocycles. The highest BCUT2D eigenvalue weighted by Crippen LogP contribution is 2.28. The molecule has 1 aromatic heterocycles. The van der Waals surface area contributed by atoms with E-state index >= 15 is 0 Å². The molecule has 0 aliphatic heterocycles. The molecule has 94 valence electrons. The number of alkyl halides is 2. The molecule has 2 nitrogen and oxygen atoms in total. The fraction of sp³-hybridized carbons (Fsp3) is 0.0833. The molecule has 0 amide bonds. The highest BCUT2D eigenvalue weighted by Gasteiger charge is 2.19. The predicted molar refractivity (Wildman–Crippen MR) is 68.5 cm³/mol. The van der Waals surface area contributed by atoms with E-state index < -0.39 is 6.61 Å². The number of carbonyl (C=O) groups excluding carboxylic acids is 1. The molecule has 2 rings (SSSR count). The smallest absolute Gasteiger partial charge is 0.387 e. The first kappa shape index (κ1) is 13.2. The van der Waals surface area contributed by atoms with E-state index in [1.165, 1.54) is 29.5 Å². The van der Waals surface area contributed by atoms with Crippen molar-refractivity contribution in [2.45, 2.75) is 6.61 Å². The van der Waals surface area contributed by atoms with Crippen molar-refractivity contribution in [3.05, 3.63) is 50.6 Å². The molecule has 0 saturated heterocycles. The van der Waals surface area contributed by atoms with Crippen LogP contribution in [-0.2, 0) is 0 Å². The molecule has 1 aromatic carbocycles. The van der Waals surface area contributed by atoms with Crippen molar-refractivity contribution >= 4 is 33.0 Å². The standard InChI is InChI=1S/C12H7BrF2O2S/c13-9-6-18-5-8(9)11(16)7-3-1-2-4-10(7)17-12(14)15/h1-6,12H. The molecule has 0 bridgehead atoms. The van der Waals surface area contributed by atoms with Crippen LogP contribution >= 0.6 is 27.3 Å².